The number of nitrogens with two attached hydrogens (primary N) is 1. The third-order valence-electron chi connectivity index (χ3n) is 3.34. The molecule has 0 spiro atoms. The number of hydrazine groups is 1. The van der Waals surface area contributed by atoms with Crippen molar-refractivity contribution < 1.29 is 29.7 Å². The lowest BCUT2D eigenvalue weighted by Crippen LogP contribution is -2.58. The Hall–Kier alpha value is -2.53. The summed E-state index contributed by atoms with van der Waals surface area (Å²) < 4.78 is 0. The summed E-state index contributed by atoms with van der Waals surface area (Å²) in [4.78, 5) is 34.2. The van der Waals surface area contributed by atoms with Crippen molar-refractivity contribution in [3.63, 3.8) is 0 Å². The van der Waals surface area contributed by atoms with Crippen LogP contribution in [-0.2, 0) is 20.8 Å². The highest BCUT2D eigenvalue weighted by Crippen LogP contribution is 2.11. The summed E-state index contributed by atoms with van der Waals surface area (Å²) in [5.74, 6) is -1.49. The van der Waals surface area contributed by atoms with Crippen LogP contribution in [0.1, 0.15) is 5.56 Å². The van der Waals surface area contributed by atoms with Crippen molar-refractivity contribution in [2.75, 3.05) is 13.2 Å². The second-order valence-corrected chi connectivity index (χ2v) is 5.28. The van der Waals surface area contributed by atoms with Crippen LogP contribution in [0.3, 0.4) is 0 Å². The van der Waals surface area contributed by atoms with Crippen molar-refractivity contribution in [1.82, 2.24) is 16.2 Å². The summed E-state index contributed by atoms with van der Waals surface area (Å²) in [7, 11) is 0. The minimum Gasteiger partial charge on any atom is -0.508 e. The Labute approximate surface area is 144 Å². The molecule has 0 heterocycles. The van der Waals surface area contributed by atoms with Crippen LogP contribution in [-0.4, -0.2) is 64.8 Å². The smallest absolute Gasteiger partial charge is 0.242 e. The first-order valence-corrected chi connectivity index (χ1v) is 7.47. The molecule has 138 valence electrons. The molecule has 0 aliphatic rings. The van der Waals surface area contributed by atoms with E-state index < -0.39 is 43.2 Å². The molecule has 10 nitrogen and oxygen atoms in total. The highest BCUT2D eigenvalue weighted by atomic mass is 16.3. The number of aldehydes is 1. The predicted molar refractivity (Wildman–Crippen MR) is 87.0 cm³/mol. The summed E-state index contributed by atoms with van der Waals surface area (Å²) in [6.45, 7) is -1.14. The molecule has 0 saturated heterocycles. The van der Waals surface area contributed by atoms with Gasteiger partial charge in [0.05, 0.1) is 19.3 Å². The van der Waals surface area contributed by atoms with E-state index in [1.807, 2.05) is 0 Å². The Morgan fingerprint density at radius 1 is 1.08 bits per heavy atom. The fourth-order valence-electron chi connectivity index (χ4n) is 1.89. The number of aromatic hydroxyl groups is 1. The van der Waals surface area contributed by atoms with Crippen LogP contribution in [0.5, 0.6) is 5.75 Å². The van der Waals surface area contributed by atoms with E-state index in [0.717, 1.165) is 0 Å². The number of amides is 2. The first-order chi connectivity index (χ1) is 11.9. The fraction of sp³-hybridized carbons (Fsp3) is 0.400. The van der Waals surface area contributed by atoms with E-state index in [4.69, 9.17) is 15.9 Å². The average Bonchev–Trinajstić information content (AvgIpc) is 2.60. The maximum absolute atomic E-state index is 12.3. The molecule has 0 aliphatic carbocycles. The zero-order valence-corrected chi connectivity index (χ0v) is 13.4. The quantitative estimate of drug-likeness (QED) is 0.162. The van der Waals surface area contributed by atoms with Gasteiger partial charge in [0, 0.05) is 0 Å². The maximum Gasteiger partial charge on any atom is 0.242 e. The average molecular weight is 354 g/mol. The van der Waals surface area contributed by atoms with Crippen molar-refractivity contribution in [2.24, 2.45) is 5.73 Å². The number of aliphatic hydroxyl groups excluding tert-OH is 2. The second-order valence-electron chi connectivity index (χ2n) is 5.28. The summed E-state index contributed by atoms with van der Waals surface area (Å²) >= 11 is 0. The lowest BCUT2D eigenvalue weighted by molar-refractivity contribution is -0.129. The van der Waals surface area contributed by atoms with E-state index >= 15 is 0 Å². The van der Waals surface area contributed by atoms with Crippen LogP contribution in [0.15, 0.2) is 24.3 Å². The molecular weight excluding hydrogens is 332 g/mol. The molecule has 0 radical (unpaired) electrons. The van der Waals surface area contributed by atoms with Crippen LogP contribution in [0.25, 0.3) is 0 Å². The molecule has 0 fully saturated rings. The van der Waals surface area contributed by atoms with Gasteiger partial charge in [-0.2, -0.15) is 0 Å². The molecule has 1 rings (SSSR count). The van der Waals surface area contributed by atoms with Crippen molar-refractivity contribution in [3.8, 4) is 5.75 Å². The zero-order chi connectivity index (χ0) is 18.8. The SMILES string of the molecule is NC(=O)[C@H](CO)NC(=O)[C@H](Cc1ccc(O)cc1)NN[C@H](C=O)CO. The standard InChI is InChI=1S/C15H22N4O6/c16-14(24)13(8-22)17-15(25)12(19-18-10(6-20)7-21)5-9-1-3-11(23)4-2-9/h1-4,6,10,12-13,18-19,21-23H,5,7-8H2,(H2,16,24)(H,17,25)/t10-,12+,13+/m1/s1. The van der Waals surface area contributed by atoms with Crippen LogP contribution in [0.4, 0.5) is 0 Å². The first kappa shape index (κ1) is 20.5. The number of benzene rings is 1. The summed E-state index contributed by atoms with van der Waals surface area (Å²) in [5.41, 5.74) is 10.9. The number of carbonyl (C=O) groups excluding carboxylic acids is 3. The molecule has 10 heteroatoms. The van der Waals surface area contributed by atoms with Gasteiger partial charge in [0.25, 0.3) is 0 Å². The van der Waals surface area contributed by atoms with E-state index in [9.17, 15) is 19.5 Å². The molecule has 0 aliphatic heterocycles. The van der Waals surface area contributed by atoms with Crippen molar-refractivity contribution >= 4 is 18.1 Å². The van der Waals surface area contributed by atoms with E-state index in [2.05, 4.69) is 16.2 Å². The number of aliphatic hydroxyl groups is 2. The van der Waals surface area contributed by atoms with Gasteiger partial charge in [0.15, 0.2) is 0 Å². The topological polar surface area (TPSA) is 174 Å². The number of phenolic OH excluding ortho intramolecular Hbond substituents is 1. The lowest BCUT2D eigenvalue weighted by Gasteiger charge is -2.23. The largest absolute Gasteiger partial charge is 0.508 e. The van der Waals surface area contributed by atoms with Gasteiger partial charge in [-0.25, -0.2) is 10.9 Å². The van der Waals surface area contributed by atoms with Gasteiger partial charge in [0.1, 0.15) is 24.1 Å². The van der Waals surface area contributed by atoms with Gasteiger partial charge < -0.3 is 31.2 Å². The monoisotopic (exact) mass is 354 g/mol. The number of carbonyl (C=O) groups is 3. The maximum atomic E-state index is 12.3. The van der Waals surface area contributed by atoms with Crippen LogP contribution in [0, 0.1) is 0 Å². The second kappa shape index (κ2) is 10.4. The zero-order valence-electron chi connectivity index (χ0n) is 13.4. The van der Waals surface area contributed by atoms with Gasteiger partial charge in [-0.05, 0) is 24.1 Å². The molecule has 8 N–H and O–H groups in total. The number of phenols is 1. The highest BCUT2D eigenvalue weighted by molar-refractivity contribution is 5.89. The number of hydrogen-bond donors (Lipinski definition) is 7. The molecule has 0 bridgehead atoms. The summed E-state index contributed by atoms with van der Waals surface area (Å²) in [5, 5.41) is 29.7. The Morgan fingerprint density at radius 3 is 2.20 bits per heavy atom. The van der Waals surface area contributed by atoms with Crippen molar-refractivity contribution in [1.29, 1.82) is 0 Å². The van der Waals surface area contributed by atoms with Crippen LogP contribution in [0.2, 0.25) is 0 Å². The Kier molecular flexibility index (Phi) is 8.50. The van der Waals surface area contributed by atoms with Crippen LogP contribution >= 0.6 is 0 Å². The molecule has 0 unspecified atom stereocenters. The molecule has 1 aromatic carbocycles. The summed E-state index contributed by atoms with van der Waals surface area (Å²) in [6, 6.07) is 2.94. The van der Waals surface area contributed by atoms with Gasteiger partial charge >= 0.3 is 0 Å². The number of rotatable bonds is 11. The lowest BCUT2D eigenvalue weighted by atomic mass is 10.1. The molecule has 1 aromatic rings. The third-order valence-corrected chi connectivity index (χ3v) is 3.34. The molecule has 2 amide bonds. The Balaban J connectivity index is 2.84. The van der Waals surface area contributed by atoms with E-state index in [-0.39, 0.29) is 12.2 Å². The minimum absolute atomic E-state index is 0.0613. The Morgan fingerprint density at radius 2 is 1.72 bits per heavy atom. The highest BCUT2D eigenvalue weighted by Gasteiger charge is 2.24. The minimum atomic E-state index is -1.25. The number of nitrogens with one attached hydrogen (secondary N) is 3. The first-order valence-electron chi connectivity index (χ1n) is 7.47. The Bertz CT molecular complexity index is 580. The van der Waals surface area contributed by atoms with E-state index in [0.29, 0.717) is 11.8 Å². The van der Waals surface area contributed by atoms with Gasteiger partial charge in [-0.15, -0.1) is 0 Å². The van der Waals surface area contributed by atoms with Gasteiger partial charge in [0.2, 0.25) is 11.8 Å². The molecule has 25 heavy (non-hydrogen) atoms. The van der Waals surface area contributed by atoms with E-state index in [1.54, 1.807) is 12.1 Å². The van der Waals surface area contributed by atoms with Gasteiger partial charge in [-0.3, -0.25) is 9.59 Å². The normalized spacial score (nSPS) is 14.3. The van der Waals surface area contributed by atoms with E-state index in [1.165, 1.54) is 12.1 Å². The fourth-order valence-corrected chi connectivity index (χ4v) is 1.89. The molecule has 0 aromatic heterocycles. The molecule has 3 atom stereocenters. The van der Waals surface area contributed by atoms with Crippen molar-refractivity contribution in [3.05, 3.63) is 29.8 Å². The predicted octanol–water partition coefficient (Wildman–Crippen LogP) is -3.08. The van der Waals surface area contributed by atoms with Crippen molar-refractivity contribution in [2.45, 2.75) is 24.5 Å². The van der Waals surface area contributed by atoms with Crippen LogP contribution < -0.4 is 21.9 Å². The third kappa shape index (κ3) is 6.85. The molecular formula is C15H22N4O6. The van der Waals surface area contributed by atoms with Gasteiger partial charge in [-0.1, -0.05) is 12.1 Å². The molecule has 0 saturated carbocycles. The number of primary amides is 1. The summed E-state index contributed by atoms with van der Waals surface area (Å²) in [6.07, 6.45) is 0.593. The number of hydrogen-bond acceptors (Lipinski definition) is 8.